The lowest BCUT2D eigenvalue weighted by Crippen LogP contribution is -2.53. The van der Waals surface area contributed by atoms with Gasteiger partial charge in [-0.1, -0.05) is 101 Å². The Balaban J connectivity index is 1.81. The molecule has 1 atom stereocenters. The largest absolute Gasteiger partial charge is 0.357 e. The maximum absolute atomic E-state index is 14.3. The van der Waals surface area contributed by atoms with E-state index in [1.807, 2.05) is 37.3 Å². The minimum Gasteiger partial charge on any atom is -0.357 e. The van der Waals surface area contributed by atoms with Gasteiger partial charge in [-0.2, -0.15) is 0 Å². The van der Waals surface area contributed by atoms with Crippen LogP contribution in [0, 0.1) is 6.92 Å². The van der Waals surface area contributed by atoms with Crippen LogP contribution in [0.15, 0.2) is 102 Å². The summed E-state index contributed by atoms with van der Waals surface area (Å²) in [7, 11) is -2.77. The molecule has 7 nitrogen and oxygen atoms in total. The van der Waals surface area contributed by atoms with E-state index in [0.717, 1.165) is 15.4 Å². The summed E-state index contributed by atoms with van der Waals surface area (Å²) in [5, 5.41) is 3.41. The second-order valence-corrected chi connectivity index (χ2v) is 12.9. The van der Waals surface area contributed by atoms with E-state index in [-0.39, 0.29) is 33.6 Å². The summed E-state index contributed by atoms with van der Waals surface area (Å²) in [5.41, 5.74) is 2.43. The Kier molecular flexibility index (Phi) is 10.7. The van der Waals surface area contributed by atoms with Gasteiger partial charge in [-0.25, -0.2) is 8.42 Å². The molecule has 0 bridgehead atoms. The van der Waals surface area contributed by atoms with E-state index in [2.05, 4.69) is 5.32 Å². The van der Waals surface area contributed by atoms with Crippen LogP contribution < -0.4 is 9.62 Å². The van der Waals surface area contributed by atoms with Gasteiger partial charge in [-0.15, -0.1) is 0 Å². The number of carbonyl (C=O) groups excluding carboxylic acids is 2. The highest BCUT2D eigenvalue weighted by molar-refractivity contribution is 7.92. The van der Waals surface area contributed by atoms with E-state index in [0.29, 0.717) is 10.6 Å². The van der Waals surface area contributed by atoms with E-state index in [1.165, 1.54) is 42.3 Å². The summed E-state index contributed by atoms with van der Waals surface area (Å²) in [6, 6.07) is 25.9. The number of anilines is 1. The van der Waals surface area contributed by atoms with Crippen molar-refractivity contribution >= 4 is 62.3 Å². The predicted octanol–water partition coefficient (Wildman–Crippen LogP) is 6.54. The average molecular weight is 659 g/mol. The maximum atomic E-state index is 14.3. The van der Waals surface area contributed by atoms with Crippen LogP contribution in [-0.2, 0) is 32.6 Å². The standard InChI is InChI=1S/C32H30Cl3N3O4S/c1-22-12-15-26(16-13-22)43(41,42)38(25-14-17-28(34)29(35)19-25)21-31(39)37(20-24-10-6-7-11-27(24)33)30(32(40)36-2)18-23-8-4-3-5-9-23/h3-17,19,30H,18,20-21H2,1-2H3,(H,36,40)/t30-/m0/s1. The van der Waals surface area contributed by atoms with E-state index >= 15 is 0 Å². The van der Waals surface area contributed by atoms with E-state index < -0.39 is 34.4 Å². The Hall–Kier alpha value is -3.56. The summed E-state index contributed by atoms with van der Waals surface area (Å²) in [5.74, 6) is -1.03. The zero-order chi connectivity index (χ0) is 31.1. The molecule has 224 valence electrons. The van der Waals surface area contributed by atoms with Crippen LogP contribution in [0.1, 0.15) is 16.7 Å². The van der Waals surface area contributed by atoms with E-state index in [9.17, 15) is 18.0 Å². The van der Waals surface area contributed by atoms with Crippen LogP contribution in [0.25, 0.3) is 0 Å². The van der Waals surface area contributed by atoms with Gasteiger partial charge >= 0.3 is 0 Å². The first-order valence-electron chi connectivity index (χ1n) is 13.3. The SMILES string of the molecule is CNC(=O)[C@H](Cc1ccccc1)N(Cc1ccccc1Cl)C(=O)CN(c1ccc(Cl)c(Cl)c1)S(=O)(=O)c1ccc(C)cc1. The number of amides is 2. The van der Waals surface area contributed by atoms with Crippen molar-refractivity contribution in [1.29, 1.82) is 0 Å². The molecule has 0 saturated heterocycles. The quantitative estimate of drug-likeness (QED) is 0.198. The third-order valence-electron chi connectivity index (χ3n) is 6.90. The number of nitrogens with one attached hydrogen (secondary N) is 1. The molecule has 0 radical (unpaired) electrons. The molecule has 1 N–H and O–H groups in total. The fraction of sp³-hybridized carbons (Fsp3) is 0.188. The summed E-state index contributed by atoms with van der Waals surface area (Å²) >= 11 is 18.9. The van der Waals surface area contributed by atoms with Crippen LogP contribution in [0.2, 0.25) is 15.1 Å². The molecule has 0 spiro atoms. The molecule has 0 fully saturated rings. The van der Waals surface area contributed by atoms with Crippen LogP contribution >= 0.6 is 34.8 Å². The molecule has 4 rings (SSSR count). The molecule has 43 heavy (non-hydrogen) atoms. The Morgan fingerprint density at radius 1 is 0.814 bits per heavy atom. The monoisotopic (exact) mass is 657 g/mol. The second-order valence-electron chi connectivity index (χ2n) is 9.86. The van der Waals surface area contributed by atoms with E-state index in [1.54, 1.807) is 36.4 Å². The van der Waals surface area contributed by atoms with Gasteiger partial charge in [-0.3, -0.25) is 13.9 Å². The first-order valence-corrected chi connectivity index (χ1v) is 15.9. The normalized spacial score (nSPS) is 11.9. The van der Waals surface area contributed by atoms with Crippen LogP contribution in [0.4, 0.5) is 5.69 Å². The van der Waals surface area contributed by atoms with Crippen molar-refractivity contribution in [2.45, 2.75) is 30.8 Å². The van der Waals surface area contributed by atoms with Crippen molar-refractivity contribution in [3.05, 3.63) is 129 Å². The van der Waals surface area contributed by atoms with Crippen LogP contribution in [0.3, 0.4) is 0 Å². The van der Waals surface area contributed by atoms with Gasteiger partial charge in [0.2, 0.25) is 11.8 Å². The number of hydrogen-bond donors (Lipinski definition) is 1. The summed E-state index contributed by atoms with van der Waals surface area (Å²) in [6.45, 7) is 1.18. The Morgan fingerprint density at radius 2 is 1.47 bits per heavy atom. The molecule has 0 saturated carbocycles. The number of benzene rings is 4. The molecule has 0 unspecified atom stereocenters. The number of likely N-dealkylation sites (N-methyl/N-ethyl adjacent to an activating group) is 1. The van der Waals surface area contributed by atoms with Crippen molar-refractivity contribution in [3.63, 3.8) is 0 Å². The van der Waals surface area contributed by atoms with Crippen molar-refractivity contribution in [2.24, 2.45) is 0 Å². The Labute approximate surface area is 267 Å². The average Bonchev–Trinajstić information content (AvgIpc) is 3.00. The summed E-state index contributed by atoms with van der Waals surface area (Å²) < 4.78 is 29.1. The van der Waals surface area contributed by atoms with Crippen molar-refractivity contribution in [1.82, 2.24) is 10.2 Å². The number of carbonyl (C=O) groups is 2. The van der Waals surface area contributed by atoms with E-state index in [4.69, 9.17) is 34.8 Å². The number of halogens is 3. The fourth-order valence-corrected chi connectivity index (χ4v) is 6.43. The Morgan fingerprint density at radius 3 is 2.09 bits per heavy atom. The second kappa shape index (κ2) is 14.3. The highest BCUT2D eigenvalue weighted by atomic mass is 35.5. The van der Waals surface area contributed by atoms with Gasteiger partial charge in [0.15, 0.2) is 0 Å². The minimum atomic E-state index is -4.26. The van der Waals surface area contributed by atoms with Gasteiger partial charge in [-0.05, 0) is 54.4 Å². The van der Waals surface area contributed by atoms with Crippen molar-refractivity contribution < 1.29 is 18.0 Å². The molecule has 0 aromatic heterocycles. The van der Waals surface area contributed by atoms with Gasteiger partial charge in [0.1, 0.15) is 12.6 Å². The third-order valence-corrected chi connectivity index (χ3v) is 9.79. The number of hydrogen-bond acceptors (Lipinski definition) is 4. The van der Waals surface area contributed by atoms with Crippen LogP contribution in [-0.4, -0.2) is 44.8 Å². The minimum absolute atomic E-state index is 0.0123. The van der Waals surface area contributed by atoms with Crippen molar-refractivity contribution in [3.8, 4) is 0 Å². The molecule has 4 aromatic rings. The number of rotatable bonds is 11. The van der Waals surface area contributed by atoms with Gasteiger partial charge < -0.3 is 10.2 Å². The topological polar surface area (TPSA) is 86.8 Å². The predicted molar refractivity (Wildman–Crippen MR) is 172 cm³/mol. The molecular formula is C32H30Cl3N3O4S. The highest BCUT2D eigenvalue weighted by Crippen LogP contribution is 2.31. The van der Waals surface area contributed by atoms with Gasteiger partial charge in [0, 0.05) is 25.0 Å². The fourth-order valence-electron chi connectivity index (χ4n) is 4.54. The zero-order valence-electron chi connectivity index (χ0n) is 23.5. The molecule has 4 aromatic carbocycles. The van der Waals surface area contributed by atoms with Gasteiger partial charge in [0.25, 0.3) is 10.0 Å². The summed E-state index contributed by atoms with van der Waals surface area (Å²) in [6.07, 6.45) is 0.189. The molecular weight excluding hydrogens is 629 g/mol. The number of sulfonamides is 1. The number of aryl methyl sites for hydroxylation is 1. The maximum Gasteiger partial charge on any atom is 0.264 e. The first kappa shape index (κ1) is 32.4. The molecule has 11 heteroatoms. The highest BCUT2D eigenvalue weighted by Gasteiger charge is 2.34. The molecule has 0 aliphatic rings. The molecule has 2 amide bonds. The lowest BCUT2D eigenvalue weighted by Gasteiger charge is -2.33. The first-order chi connectivity index (χ1) is 20.5. The zero-order valence-corrected chi connectivity index (χ0v) is 26.6. The summed E-state index contributed by atoms with van der Waals surface area (Å²) in [4.78, 5) is 29.0. The van der Waals surface area contributed by atoms with Gasteiger partial charge in [0.05, 0.1) is 20.6 Å². The smallest absolute Gasteiger partial charge is 0.264 e. The molecule has 0 aliphatic carbocycles. The van der Waals surface area contributed by atoms with Crippen LogP contribution in [0.5, 0.6) is 0 Å². The van der Waals surface area contributed by atoms with Crippen molar-refractivity contribution in [2.75, 3.05) is 17.9 Å². The lowest BCUT2D eigenvalue weighted by atomic mass is 10.0. The Bertz CT molecular complexity index is 1700. The molecule has 0 heterocycles. The molecule has 0 aliphatic heterocycles. The lowest BCUT2D eigenvalue weighted by molar-refractivity contribution is -0.139. The third kappa shape index (κ3) is 7.89. The number of nitrogens with zero attached hydrogens (tertiary/aromatic N) is 2.